The first-order valence-corrected chi connectivity index (χ1v) is 5.27. The molecule has 2 amide bonds. The van der Waals surface area contributed by atoms with Crippen molar-refractivity contribution in [2.45, 2.75) is 38.8 Å². The van der Waals surface area contributed by atoms with Crippen LogP contribution in [0.5, 0.6) is 0 Å². The van der Waals surface area contributed by atoms with Crippen molar-refractivity contribution in [3.63, 3.8) is 0 Å². The third kappa shape index (κ3) is 2.58. The molecule has 1 heterocycles. The predicted octanol–water partition coefficient (Wildman–Crippen LogP) is 0.688. The lowest BCUT2D eigenvalue weighted by atomic mass is 10.2. The molecule has 4 heteroatoms. The molecular formula is C11H18N2O2. The van der Waals surface area contributed by atoms with Gasteiger partial charge in [-0.1, -0.05) is 6.08 Å². The molecule has 0 aromatic rings. The first kappa shape index (κ1) is 11.8. The summed E-state index contributed by atoms with van der Waals surface area (Å²) in [5, 5.41) is 2.73. The van der Waals surface area contributed by atoms with Gasteiger partial charge in [0.2, 0.25) is 11.8 Å². The number of hydrogen-bond donors (Lipinski definition) is 1. The second kappa shape index (κ2) is 4.96. The summed E-state index contributed by atoms with van der Waals surface area (Å²) in [6.45, 7) is 7.84. The minimum absolute atomic E-state index is 0.0729. The Bertz CT molecular complexity index is 274. The van der Waals surface area contributed by atoms with Gasteiger partial charge in [0.15, 0.2) is 0 Å². The van der Waals surface area contributed by atoms with Crippen LogP contribution in [0.1, 0.15) is 26.7 Å². The molecule has 1 saturated heterocycles. The molecule has 0 saturated carbocycles. The summed E-state index contributed by atoms with van der Waals surface area (Å²) in [4.78, 5) is 24.9. The Morgan fingerprint density at radius 1 is 1.73 bits per heavy atom. The Balaban J connectivity index is 2.64. The zero-order valence-electron chi connectivity index (χ0n) is 9.32. The minimum atomic E-state index is -0.294. The molecule has 0 bridgehead atoms. The number of rotatable bonds is 4. The highest BCUT2D eigenvalue weighted by atomic mass is 16.2. The second-order valence-electron chi connectivity index (χ2n) is 3.98. The van der Waals surface area contributed by atoms with E-state index in [0.29, 0.717) is 19.4 Å². The van der Waals surface area contributed by atoms with E-state index in [2.05, 4.69) is 11.9 Å². The van der Waals surface area contributed by atoms with Crippen LogP contribution < -0.4 is 5.32 Å². The molecule has 84 valence electrons. The molecule has 1 aliphatic rings. The summed E-state index contributed by atoms with van der Waals surface area (Å²) in [7, 11) is 0. The Kier molecular flexibility index (Phi) is 3.88. The summed E-state index contributed by atoms with van der Waals surface area (Å²) < 4.78 is 0. The lowest BCUT2D eigenvalue weighted by Gasteiger charge is -2.27. The van der Waals surface area contributed by atoms with Crippen molar-refractivity contribution in [2.75, 3.05) is 6.54 Å². The number of likely N-dealkylation sites (tertiary alicyclic amines) is 1. The van der Waals surface area contributed by atoms with E-state index in [1.54, 1.807) is 11.0 Å². The maximum Gasteiger partial charge on any atom is 0.243 e. The average molecular weight is 210 g/mol. The zero-order valence-corrected chi connectivity index (χ0v) is 9.32. The van der Waals surface area contributed by atoms with E-state index in [1.807, 2.05) is 13.8 Å². The van der Waals surface area contributed by atoms with E-state index in [1.165, 1.54) is 0 Å². The van der Waals surface area contributed by atoms with Gasteiger partial charge in [0.1, 0.15) is 6.04 Å². The van der Waals surface area contributed by atoms with Crippen molar-refractivity contribution in [1.82, 2.24) is 10.2 Å². The highest BCUT2D eigenvalue weighted by Gasteiger charge is 2.36. The molecule has 1 fully saturated rings. The van der Waals surface area contributed by atoms with E-state index in [0.717, 1.165) is 0 Å². The van der Waals surface area contributed by atoms with E-state index in [-0.39, 0.29) is 23.9 Å². The number of nitrogens with one attached hydrogen (secondary N) is 1. The fraction of sp³-hybridized carbons (Fsp3) is 0.636. The van der Waals surface area contributed by atoms with Gasteiger partial charge in [-0.15, -0.1) is 6.58 Å². The van der Waals surface area contributed by atoms with E-state index < -0.39 is 0 Å². The summed E-state index contributed by atoms with van der Waals surface area (Å²) in [5.41, 5.74) is 0. The van der Waals surface area contributed by atoms with Gasteiger partial charge in [0.05, 0.1) is 0 Å². The topological polar surface area (TPSA) is 49.4 Å². The molecule has 0 aromatic heterocycles. The first-order valence-electron chi connectivity index (χ1n) is 5.27. The fourth-order valence-corrected chi connectivity index (χ4v) is 1.90. The number of amides is 2. The minimum Gasteiger partial charge on any atom is -0.351 e. The van der Waals surface area contributed by atoms with Crippen molar-refractivity contribution in [2.24, 2.45) is 0 Å². The van der Waals surface area contributed by atoms with Gasteiger partial charge in [-0.3, -0.25) is 9.59 Å². The predicted molar refractivity (Wildman–Crippen MR) is 58.2 cm³/mol. The Morgan fingerprint density at radius 2 is 2.40 bits per heavy atom. The van der Waals surface area contributed by atoms with Crippen molar-refractivity contribution in [3.05, 3.63) is 12.7 Å². The standard InChI is InChI=1S/C11H18N2O2/c1-4-7-12-11(15)9-5-6-10(14)13(9)8(2)3/h4,8-9H,1,5-7H2,2-3H3,(H,12,15). The molecule has 1 N–H and O–H groups in total. The van der Waals surface area contributed by atoms with Crippen LogP contribution >= 0.6 is 0 Å². The van der Waals surface area contributed by atoms with Crippen molar-refractivity contribution in [3.8, 4) is 0 Å². The average Bonchev–Trinajstić information content (AvgIpc) is 2.56. The van der Waals surface area contributed by atoms with E-state index in [9.17, 15) is 9.59 Å². The first-order chi connectivity index (χ1) is 7.07. The highest BCUT2D eigenvalue weighted by molar-refractivity contribution is 5.91. The van der Waals surface area contributed by atoms with Crippen LogP contribution in [0.15, 0.2) is 12.7 Å². The quantitative estimate of drug-likeness (QED) is 0.694. The summed E-state index contributed by atoms with van der Waals surface area (Å²) in [5.74, 6) is -0.00166. The number of carbonyl (C=O) groups is 2. The van der Waals surface area contributed by atoms with Crippen LogP contribution in [0, 0.1) is 0 Å². The van der Waals surface area contributed by atoms with Gasteiger partial charge in [0.25, 0.3) is 0 Å². The molecule has 0 aromatic carbocycles. The lowest BCUT2D eigenvalue weighted by molar-refractivity contribution is -0.136. The van der Waals surface area contributed by atoms with Crippen molar-refractivity contribution >= 4 is 11.8 Å². The van der Waals surface area contributed by atoms with Gasteiger partial charge in [-0.05, 0) is 20.3 Å². The normalized spacial score (nSPS) is 20.9. The van der Waals surface area contributed by atoms with Crippen LogP contribution in [0.3, 0.4) is 0 Å². The third-order valence-corrected chi connectivity index (χ3v) is 2.54. The van der Waals surface area contributed by atoms with Crippen LogP contribution in [0.25, 0.3) is 0 Å². The smallest absolute Gasteiger partial charge is 0.243 e. The number of carbonyl (C=O) groups excluding carboxylic acids is 2. The SMILES string of the molecule is C=CCNC(=O)C1CCC(=O)N1C(C)C. The van der Waals surface area contributed by atoms with Gasteiger partial charge in [0, 0.05) is 19.0 Å². The van der Waals surface area contributed by atoms with Gasteiger partial charge >= 0.3 is 0 Å². The molecule has 1 aliphatic heterocycles. The Hall–Kier alpha value is -1.32. The monoisotopic (exact) mass is 210 g/mol. The number of nitrogens with zero attached hydrogens (tertiary/aromatic N) is 1. The van der Waals surface area contributed by atoms with Gasteiger partial charge < -0.3 is 10.2 Å². The maximum absolute atomic E-state index is 11.7. The third-order valence-electron chi connectivity index (χ3n) is 2.54. The summed E-state index contributed by atoms with van der Waals surface area (Å²) in [6, 6.07) is -0.211. The molecule has 0 aliphatic carbocycles. The summed E-state index contributed by atoms with van der Waals surface area (Å²) in [6.07, 6.45) is 2.73. The molecule has 0 radical (unpaired) electrons. The van der Waals surface area contributed by atoms with Crippen LogP contribution in [-0.2, 0) is 9.59 Å². The molecule has 1 rings (SSSR count). The Morgan fingerprint density at radius 3 is 2.93 bits per heavy atom. The molecule has 1 atom stereocenters. The molecule has 4 nitrogen and oxygen atoms in total. The van der Waals surface area contributed by atoms with Gasteiger partial charge in [-0.2, -0.15) is 0 Å². The van der Waals surface area contributed by atoms with E-state index >= 15 is 0 Å². The molecule has 0 spiro atoms. The lowest BCUT2D eigenvalue weighted by Crippen LogP contribution is -2.47. The fourth-order valence-electron chi connectivity index (χ4n) is 1.90. The highest BCUT2D eigenvalue weighted by Crippen LogP contribution is 2.21. The summed E-state index contributed by atoms with van der Waals surface area (Å²) >= 11 is 0. The zero-order chi connectivity index (χ0) is 11.4. The second-order valence-corrected chi connectivity index (χ2v) is 3.98. The molecule has 15 heavy (non-hydrogen) atoms. The molecule has 1 unspecified atom stereocenters. The maximum atomic E-state index is 11.7. The van der Waals surface area contributed by atoms with Crippen molar-refractivity contribution < 1.29 is 9.59 Å². The molecular weight excluding hydrogens is 192 g/mol. The van der Waals surface area contributed by atoms with Gasteiger partial charge in [-0.25, -0.2) is 0 Å². The van der Waals surface area contributed by atoms with Crippen LogP contribution in [0.4, 0.5) is 0 Å². The Labute approximate surface area is 90.3 Å². The van der Waals surface area contributed by atoms with Crippen LogP contribution in [0.2, 0.25) is 0 Å². The van der Waals surface area contributed by atoms with Crippen LogP contribution in [-0.4, -0.2) is 35.3 Å². The van der Waals surface area contributed by atoms with E-state index in [4.69, 9.17) is 0 Å². The largest absolute Gasteiger partial charge is 0.351 e. The number of hydrogen-bond acceptors (Lipinski definition) is 2. The van der Waals surface area contributed by atoms with Crippen molar-refractivity contribution in [1.29, 1.82) is 0 Å².